The SMILES string of the molecule is CC(O)c1c(O)c(Br)cc2c1OCO2. The van der Waals surface area contributed by atoms with E-state index in [-0.39, 0.29) is 12.5 Å². The van der Waals surface area contributed by atoms with E-state index < -0.39 is 6.10 Å². The monoisotopic (exact) mass is 260 g/mol. The molecule has 5 heteroatoms. The van der Waals surface area contributed by atoms with E-state index in [2.05, 4.69) is 15.9 Å². The van der Waals surface area contributed by atoms with E-state index in [0.717, 1.165) is 0 Å². The van der Waals surface area contributed by atoms with Crippen LogP contribution < -0.4 is 9.47 Å². The fraction of sp³-hybridized carbons (Fsp3) is 0.333. The molecule has 1 heterocycles. The molecule has 0 radical (unpaired) electrons. The highest BCUT2D eigenvalue weighted by Crippen LogP contribution is 2.47. The van der Waals surface area contributed by atoms with Crippen LogP contribution >= 0.6 is 15.9 Å². The predicted molar refractivity (Wildman–Crippen MR) is 52.6 cm³/mol. The molecule has 4 nitrogen and oxygen atoms in total. The number of phenols is 1. The van der Waals surface area contributed by atoms with E-state index in [1.165, 1.54) is 0 Å². The zero-order valence-corrected chi connectivity index (χ0v) is 9.04. The summed E-state index contributed by atoms with van der Waals surface area (Å²) in [6.07, 6.45) is -0.803. The van der Waals surface area contributed by atoms with Crippen LogP contribution in [0.1, 0.15) is 18.6 Å². The molecule has 1 aliphatic heterocycles. The Morgan fingerprint density at radius 3 is 2.86 bits per heavy atom. The van der Waals surface area contributed by atoms with Gasteiger partial charge in [0.1, 0.15) is 5.75 Å². The highest BCUT2D eigenvalue weighted by molar-refractivity contribution is 9.10. The van der Waals surface area contributed by atoms with Crippen LogP contribution in [0.25, 0.3) is 0 Å². The van der Waals surface area contributed by atoms with Crippen molar-refractivity contribution in [2.24, 2.45) is 0 Å². The minimum atomic E-state index is -0.803. The third kappa shape index (κ3) is 1.33. The number of halogens is 1. The topological polar surface area (TPSA) is 58.9 Å². The van der Waals surface area contributed by atoms with Crippen LogP contribution in [0, 0.1) is 0 Å². The maximum atomic E-state index is 9.69. The number of aromatic hydroxyl groups is 1. The summed E-state index contributed by atoms with van der Waals surface area (Å²) in [6, 6.07) is 1.61. The number of aliphatic hydroxyl groups excluding tert-OH is 1. The molecule has 1 atom stereocenters. The first kappa shape index (κ1) is 9.61. The van der Waals surface area contributed by atoms with Crippen molar-refractivity contribution < 1.29 is 19.7 Å². The predicted octanol–water partition coefficient (Wildman–Crippen LogP) is 1.94. The molecule has 0 fully saturated rings. The van der Waals surface area contributed by atoms with Crippen molar-refractivity contribution in [1.82, 2.24) is 0 Å². The second kappa shape index (κ2) is 3.33. The summed E-state index contributed by atoms with van der Waals surface area (Å²) in [5, 5.41) is 19.2. The number of hydrogen-bond donors (Lipinski definition) is 2. The molecule has 0 spiro atoms. The molecule has 0 bridgehead atoms. The molecule has 1 aliphatic rings. The Kier molecular flexibility index (Phi) is 2.28. The van der Waals surface area contributed by atoms with Gasteiger partial charge in [-0.1, -0.05) is 0 Å². The number of phenolic OH excluding ortho intramolecular Hbond substituents is 1. The van der Waals surface area contributed by atoms with Gasteiger partial charge in [-0.3, -0.25) is 0 Å². The van der Waals surface area contributed by atoms with Crippen LogP contribution in [-0.4, -0.2) is 17.0 Å². The standard InChI is InChI=1S/C9H9BrO4/c1-4(11)7-8(12)5(10)2-6-9(7)14-3-13-6/h2,4,11-12H,3H2,1H3. The molecule has 1 aromatic rings. The highest BCUT2D eigenvalue weighted by atomic mass is 79.9. The lowest BCUT2D eigenvalue weighted by Gasteiger charge is -2.11. The molecule has 0 saturated carbocycles. The Hall–Kier alpha value is -0.940. The average Bonchev–Trinajstić information content (AvgIpc) is 2.52. The minimum Gasteiger partial charge on any atom is -0.506 e. The fourth-order valence-corrected chi connectivity index (χ4v) is 1.83. The van der Waals surface area contributed by atoms with E-state index >= 15 is 0 Å². The van der Waals surface area contributed by atoms with Crippen molar-refractivity contribution >= 4 is 15.9 Å². The molecule has 1 aromatic carbocycles. The van der Waals surface area contributed by atoms with Gasteiger partial charge in [-0.05, 0) is 22.9 Å². The lowest BCUT2D eigenvalue weighted by atomic mass is 10.1. The highest BCUT2D eigenvalue weighted by Gasteiger charge is 2.25. The summed E-state index contributed by atoms with van der Waals surface area (Å²) in [5.74, 6) is 0.940. The fourth-order valence-electron chi connectivity index (χ4n) is 1.41. The Labute approximate surface area is 89.2 Å². The van der Waals surface area contributed by atoms with E-state index in [9.17, 15) is 10.2 Å². The van der Waals surface area contributed by atoms with Gasteiger partial charge in [-0.2, -0.15) is 0 Å². The molecule has 2 N–H and O–H groups in total. The molecule has 0 aliphatic carbocycles. The van der Waals surface area contributed by atoms with Gasteiger partial charge >= 0.3 is 0 Å². The maximum absolute atomic E-state index is 9.69. The molecule has 2 rings (SSSR count). The zero-order chi connectivity index (χ0) is 10.3. The Bertz CT molecular complexity index is 376. The summed E-state index contributed by atoms with van der Waals surface area (Å²) in [7, 11) is 0. The first-order chi connectivity index (χ1) is 6.61. The van der Waals surface area contributed by atoms with Gasteiger partial charge in [-0.25, -0.2) is 0 Å². The van der Waals surface area contributed by atoms with Gasteiger partial charge < -0.3 is 19.7 Å². The largest absolute Gasteiger partial charge is 0.506 e. The summed E-state index contributed by atoms with van der Waals surface area (Å²) in [4.78, 5) is 0. The summed E-state index contributed by atoms with van der Waals surface area (Å²) < 4.78 is 10.8. The van der Waals surface area contributed by atoms with Crippen molar-refractivity contribution in [3.05, 3.63) is 16.1 Å². The quantitative estimate of drug-likeness (QED) is 0.811. The normalized spacial score (nSPS) is 15.6. The lowest BCUT2D eigenvalue weighted by molar-refractivity contribution is 0.163. The van der Waals surface area contributed by atoms with Crippen LogP contribution in [0.15, 0.2) is 10.5 Å². The van der Waals surface area contributed by atoms with Gasteiger partial charge in [0.25, 0.3) is 0 Å². The molecular formula is C9H9BrO4. The van der Waals surface area contributed by atoms with Crippen LogP contribution in [0.3, 0.4) is 0 Å². The smallest absolute Gasteiger partial charge is 0.231 e. The molecule has 0 aromatic heterocycles. The summed E-state index contributed by atoms with van der Waals surface area (Å²) in [5.41, 5.74) is 0.354. The minimum absolute atomic E-state index is 0.00995. The van der Waals surface area contributed by atoms with E-state index in [0.29, 0.717) is 21.5 Å². The molecule has 14 heavy (non-hydrogen) atoms. The first-order valence-corrected chi connectivity index (χ1v) is 4.89. The zero-order valence-electron chi connectivity index (χ0n) is 7.45. The lowest BCUT2D eigenvalue weighted by Crippen LogP contribution is -1.97. The van der Waals surface area contributed by atoms with Crippen LogP contribution in [0.2, 0.25) is 0 Å². The molecule has 1 unspecified atom stereocenters. The van der Waals surface area contributed by atoms with E-state index in [4.69, 9.17) is 9.47 Å². The maximum Gasteiger partial charge on any atom is 0.231 e. The van der Waals surface area contributed by atoms with Gasteiger partial charge in [-0.15, -0.1) is 0 Å². The molecule has 0 amide bonds. The van der Waals surface area contributed by atoms with Gasteiger partial charge in [0.05, 0.1) is 16.1 Å². The van der Waals surface area contributed by atoms with Crippen LogP contribution in [0.4, 0.5) is 0 Å². The number of rotatable bonds is 1. The van der Waals surface area contributed by atoms with Crippen molar-refractivity contribution in [3.8, 4) is 17.2 Å². The summed E-state index contributed by atoms with van der Waals surface area (Å²) in [6.45, 7) is 1.68. The molecular weight excluding hydrogens is 252 g/mol. The Morgan fingerprint density at radius 2 is 2.21 bits per heavy atom. The van der Waals surface area contributed by atoms with Crippen molar-refractivity contribution in [3.63, 3.8) is 0 Å². The van der Waals surface area contributed by atoms with E-state index in [1.807, 2.05) is 0 Å². The van der Waals surface area contributed by atoms with Gasteiger partial charge in [0, 0.05) is 6.07 Å². The molecule has 76 valence electrons. The third-order valence-corrected chi connectivity index (χ3v) is 2.65. The van der Waals surface area contributed by atoms with Gasteiger partial charge in [0.15, 0.2) is 11.5 Å². The number of fused-ring (bicyclic) bond motifs is 1. The number of ether oxygens (including phenoxy) is 2. The Morgan fingerprint density at radius 1 is 1.50 bits per heavy atom. The Balaban J connectivity index is 2.66. The number of benzene rings is 1. The van der Waals surface area contributed by atoms with Crippen LogP contribution in [0.5, 0.6) is 17.2 Å². The van der Waals surface area contributed by atoms with Crippen molar-refractivity contribution in [2.45, 2.75) is 13.0 Å². The summed E-state index contributed by atoms with van der Waals surface area (Å²) >= 11 is 3.17. The average molecular weight is 261 g/mol. The number of aliphatic hydroxyl groups is 1. The second-order valence-corrected chi connectivity index (χ2v) is 3.88. The third-order valence-electron chi connectivity index (χ3n) is 2.04. The molecule has 0 saturated heterocycles. The van der Waals surface area contributed by atoms with Gasteiger partial charge in [0.2, 0.25) is 6.79 Å². The number of hydrogen-bond acceptors (Lipinski definition) is 4. The van der Waals surface area contributed by atoms with E-state index in [1.54, 1.807) is 13.0 Å². The van der Waals surface area contributed by atoms with Crippen molar-refractivity contribution in [1.29, 1.82) is 0 Å². The van der Waals surface area contributed by atoms with Crippen LogP contribution in [-0.2, 0) is 0 Å². The second-order valence-electron chi connectivity index (χ2n) is 3.03. The van der Waals surface area contributed by atoms with Crippen molar-refractivity contribution in [2.75, 3.05) is 6.79 Å². The first-order valence-electron chi connectivity index (χ1n) is 4.10.